The Bertz CT molecular complexity index is 625. The Morgan fingerprint density at radius 3 is 2.48 bits per heavy atom. The van der Waals surface area contributed by atoms with Crippen molar-refractivity contribution in [3.63, 3.8) is 0 Å². The molecule has 2 aromatic rings. The minimum Gasteiger partial charge on any atom is -0.326 e. The summed E-state index contributed by atoms with van der Waals surface area (Å²) in [6.07, 6.45) is 8.84. The first kappa shape index (κ1) is 15.8. The van der Waals surface area contributed by atoms with Gasteiger partial charge in [-0.1, -0.05) is 60.7 Å². The van der Waals surface area contributed by atoms with Crippen LogP contribution in [0, 0.1) is 0 Å². The van der Waals surface area contributed by atoms with E-state index in [4.69, 9.17) is 0 Å². The van der Waals surface area contributed by atoms with Gasteiger partial charge in [-0.15, -0.1) is 0 Å². The standard InChI is InChI=1S/C21H26N2/c1-18(23-16-8-15-22-23)9-7-14-20-12-5-6-13-21(20)17-19-10-3-2-4-11-19/h2-6,8,10-13,15,18,22H,7,9,14,16-17H2,1H3. The van der Waals surface area contributed by atoms with Crippen LogP contribution in [0.5, 0.6) is 0 Å². The van der Waals surface area contributed by atoms with Gasteiger partial charge in [-0.2, -0.15) is 0 Å². The second kappa shape index (κ2) is 7.98. The summed E-state index contributed by atoms with van der Waals surface area (Å²) >= 11 is 0. The highest BCUT2D eigenvalue weighted by Gasteiger charge is 2.14. The molecule has 1 heterocycles. The number of nitrogens with one attached hydrogen (secondary N) is 1. The minimum atomic E-state index is 0.575. The van der Waals surface area contributed by atoms with Crippen molar-refractivity contribution >= 4 is 0 Å². The normalized spacial score (nSPS) is 15.5. The van der Waals surface area contributed by atoms with E-state index in [0.717, 1.165) is 19.4 Å². The molecule has 2 heteroatoms. The smallest absolute Gasteiger partial charge is 0.0379 e. The Morgan fingerprint density at radius 2 is 1.74 bits per heavy atom. The second-order valence-corrected chi connectivity index (χ2v) is 6.36. The number of hydrazine groups is 1. The average Bonchev–Trinajstić information content (AvgIpc) is 3.12. The van der Waals surface area contributed by atoms with Crippen LogP contribution in [-0.4, -0.2) is 17.6 Å². The third-order valence-electron chi connectivity index (χ3n) is 4.62. The molecule has 120 valence electrons. The van der Waals surface area contributed by atoms with E-state index < -0.39 is 0 Å². The van der Waals surface area contributed by atoms with Crippen molar-refractivity contribution in [3.05, 3.63) is 83.6 Å². The zero-order valence-electron chi connectivity index (χ0n) is 13.9. The fourth-order valence-corrected chi connectivity index (χ4v) is 3.21. The van der Waals surface area contributed by atoms with Crippen molar-refractivity contribution < 1.29 is 0 Å². The summed E-state index contributed by atoms with van der Waals surface area (Å²) in [5.41, 5.74) is 7.65. The molecule has 2 aromatic carbocycles. The van der Waals surface area contributed by atoms with Gasteiger partial charge in [-0.3, -0.25) is 0 Å². The molecule has 0 spiro atoms. The molecule has 1 aliphatic heterocycles. The van der Waals surface area contributed by atoms with E-state index >= 15 is 0 Å². The Balaban J connectivity index is 1.55. The van der Waals surface area contributed by atoms with Gasteiger partial charge in [0, 0.05) is 18.8 Å². The predicted molar refractivity (Wildman–Crippen MR) is 97.1 cm³/mol. The van der Waals surface area contributed by atoms with E-state index in [0.29, 0.717) is 6.04 Å². The SMILES string of the molecule is CC(CCCc1ccccc1Cc1ccccc1)N1CC=CN1. The molecular formula is C21H26N2. The molecule has 0 aliphatic carbocycles. The minimum absolute atomic E-state index is 0.575. The fraction of sp³-hybridized carbons (Fsp3) is 0.333. The van der Waals surface area contributed by atoms with Crippen LogP contribution in [0.4, 0.5) is 0 Å². The zero-order valence-corrected chi connectivity index (χ0v) is 13.9. The topological polar surface area (TPSA) is 15.3 Å². The second-order valence-electron chi connectivity index (χ2n) is 6.36. The first-order valence-electron chi connectivity index (χ1n) is 8.61. The van der Waals surface area contributed by atoms with Crippen LogP contribution in [0.1, 0.15) is 36.5 Å². The molecule has 0 fully saturated rings. The van der Waals surface area contributed by atoms with Gasteiger partial charge in [0.25, 0.3) is 0 Å². The van der Waals surface area contributed by atoms with Crippen LogP contribution < -0.4 is 5.43 Å². The Morgan fingerprint density at radius 1 is 1.00 bits per heavy atom. The van der Waals surface area contributed by atoms with Crippen molar-refractivity contribution in [2.75, 3.05) is 6.54 Å². The van der Waals surface area contributed by atoms with Crippen molar-refractivity contribution in [1.82, 2.24) is 10.4 Å². The van der Waals surface area contributed by atoms with Gasteiger partial charge < -0.3 is 5.43 Å². The number of hydrogen-bond donors (Lipinski definition) is 1. The molecular weight excluding hydrogens is 280 g/mol. The molecule has 1 N–H and O–H groups in total. The molecule has 1 aliphatic rings. The summed E-state index contributed by atoms with van der Waals surface area (Å²) in [7, 11) is 0. The van der Waals surface area contributed by atoms with E-state index in [1.54, 1.807) is 0 Å². The van der Waals surface area contributed by atoms with Gasteiger partial charge in [0.05, 0.1) is 0 Å². The van der Waals surface area contributed by atoms with E-state index in [2.05, 4.69) is 78.0 Å². The molecule has 0 radical (unpaired) electrons. The quantitative estimate of drug-likeness (QED) is 0.819. The maximum absolute atomic E-state index is 3.30. The number of aryl methyl sites for hydroxylation is 1. The lowest BCUT2D eigenvalue weighted by Gasteiger charge is -2.24. The van der Waals surface area contributed by atoms with Gasteiger partial charge in [0.2, 0.25) is 0 Å². The highest BCUT2D eigenvalue weighted by atomic mass is 15.5. The average molecular weight is 306 g/mol. The summed E-state index contributed by atoms with van der Waals surface area (Å²) < 4.78 is 0. The van der Waals surface area contributed by atoms with E-state index in [-0.39, 0.29) is 0 Å². The molecule has 23 heavy (non-hydrogen) atoms. The fourth-order valence-electron chi connectivity index (χ4n) is 3.21. The Labute approximate surface area is 139 Å². The van der Waals surface area contributed by atoms with Crippen molar-refractivity contribution in [1.29, 1.82) is 0 Å². The first-order valence-corrected chi connectivity index (χ1v) is 8.61. The number of nitrogens with zero attached hydrogens (tertiary/aromatic N) is 1. The molecule has 0 saturated carbocycles. The summed E-state index contributed by atoms with van der Waals surface area (Å²) in [6.45, 7) is 3.32. The maximum Gasteiger partial charge on any atom is 0.0379 e. The third kappa shape index (κ3) is 4.46. The molecule has 1 unspecified atom stereocenters. The summed E-state index contributed by atoms with van der Waals surface area (Å²) in [5.74, 6) is 0. The number of benzene rings is 2. The molecule has 2 nitrogen and oxygen atoms in total. The highest BCUT2D eigenvalue weighted by Crippen LogP contribution is 2.18. The van der Waals surface area contributed by atoms with Crippen molar-refractivity contribution in [2.24, 2.45) is 0 Å². The zero-order chi connectivity index (χ0) is 15.9. The van der Waals surface area contributed by atoms with Crippen LogP contribution in [-0.2, 0) is 12.8 Å². The van der Waals surface area contributed by atoms with Crippen LogP contribution in [0.25, 0.3) is 0 Å². The number of hydrogen-bond acceptors (Lipinski definition) is 2. The molecule has 3 rings (SSSR count). The van der Waals surface area contributed by atoms with Crippen LogP contribution in [0.2, 0.25) is 0 Å². The Hall–Kier alpha value is -2.06. The summed E-state index contributed by atoms with van der Waals surface area (Å²) in [6, 6.07) is 20.2. The van der Waals surface area contributed by atoms with E-state index in [9.17, 15) is 0 Å². The van der Waals surface area contributed by atoms with Crippen molar-refractivity contribution in [2.45, 2.75) is 38.6 Å². The largest absolute Gasteiger partial charge is 0.326 e. The molecule has 0 bridgehead atoms. The van der Waals surface area contributed by atoms with Crippen LogP contribution in [0.3, 0.4) is 0 Å². The Kier molecular flexibility index (Phi) is 5.49. The lowest BCUT2D eigenvalue weighted by atomic mass is 9.96. The van der Waals surface area contributed by atoms with Crippen LogP contribution >= 0.6 is 0 Å². The third-order valence-corrected chi connectivity index (χ3v) is 4.62. The lowest BCUT2D eigenvalue weighted by molar-refractivity contribution is 0.186. The van der Waals surface area contributed by atoms with E-state index in [1.807, 2.05) is 6.20 Å². The van der Waals surface area contributed by atoms with Crippen molar-refractivity contribution in [3.8, 4) is 0 Å². The van der Waals surface area contributed by atoms with Gasteiger partial charge in [-0.05, 0) is 49.3 Å². The molecule has 1 atom stereocenters. The summed E-state index contributed by atoms with van der Waals surface area (Å²) in [4.78, 5) is 0. The molecule has 0 aromatic heterocycles. The maximum atomic E-state index is 3.30. The predicted octanol–water partition coefficient (Wildman–Crippen LogP) is 4.32. The lowest BCUT2D eigenvalue weighted by Crippen LogP contribution is -2.38. The van der Waals surface area contributed by atoms with Crippen LogP contribution in [0.15, 0.2) is 66.9 Å². The van der Waals surface area contributed by atoms with Gasteiger partial charge >= 0.3 is 0 Å². The highest BCUT2D eigenvalue weighted by molar-refractivity contribution is 5.32. The first-order chi connectivity index (χ1) is 11.3. The monoisotopic (exact) mass is 306 g/mol. The molecule has 0 amide bonds. The van der Waals surface area contributed by atoms with Gasteiger partial charge in [-0.25, -0.2) is 5.01 Å². The number of rotatable bonds is 7. The van der Waals surface area contributed by atoms with Gasteiger partial charge in [0.1, 0.15) is 0 Å². The molecule has 0 saturated heterocycles. The van der Waals surface area contributed by atoms with E-state index in [1.165, 1.54) is 29.5 Å². The summed E-state index contributed by atoms with van der Waals surface area (Å²) in [5, 5.41) is 2.30. The van der Waals surface area contributed by atoms with Gasteiger partial charge in [0.15, 0.2) is 0 Å².